The van der Waals surface area contributed by atoms with Crippen LogP contribution in [0.2, 0.25) is 0 Å². The summed E-state index contributed by atoms with van der Waals surface area (Å²) in [7, 11) is 0. The van der Waals surface area contributed by atoms with Gasteiger partial charge >= 0.3 is 0 Å². The molecule has 2 aromatic rings. The number of guanidine groups is 1. The summed E-state index contributed by atoms with van der Waals surface area (Å²) in [5.41, 5.74) is 0.608. The molecule has 0 aliphatic heterocycles. The number of nitrogens with one attached hydrogen (secondary N) is 2. The zero-order valence-electron chi connectivity index (χ0n) is 16.7. The van der Waals surface area contributed by atoms with Crippen molar-refractivity contribution in [2.24, 2.45) is 4.99 Å². The minimum atomic E-state index is -0.215. The number of rotatable bonds is 9. The number of aromatic nitrogens is 2. The first-order chi connectivity index (χ1) is 13.6. The van der Waals surface area contributed by atoms with E-state index in [4.69, 9.17) is 9.26 Å². The zero-order chi connectivity index (χ0) is 20.0. The molecule has 1 aliphatic carbocycles. The Morgan fingerprint density at radius 2 is 2.11 bits per heavy atom. The van der Waals surface area contributed by atoms with Crippen LogP contribution in [-0.2, 0) is 16.7 Å². The second-order valence-corrected chi connectivity index (χ2v) is 6.95. The fourth-order valence-corrected chi connectivity index (χ4v) is 3.15. The minimum Gasteiger partial charge on any atom is -0.371 e. The average molecular weight is 389 g/mol. The molecule has 1 fully saturated rings. The summed E-state index contributed by atoms with van der Waals surface area (Å²) in [6.07, 6.45) is 1.71. The molecule has 2 N–H and O–H groups in total. The fraction of sp³-hybridized carbons (Fsp3) is 0.550. The quantitative estimate of drug-likeness (QED) is 0.506. The molecule has 1 aromatic carbocycles. The van der Waals surface area contributed by atoms with E-state index >= 15 is 0 Å². The second kappa shape index (κ2) is 9.14. The topological polar surface area (TPSA) is 84.6 Å². The van der Waals surface area contributed by atoms with Gasteiger partial charge in [0.25, 0.3) is 0 Å². The van der Waals surface area contributed by atoms with E-state index in [0.29, 0.717) is 30.8 Å². The van der Waals surface area contributed by atoms with Crippen molar-refractivity contribution in [2.75, 3.05) is 19.7 Å². The summed E-state index contributed by atoms with van der Waals surface area (Å²) >= 11 is 0. The maximum atomic E-state index is 14.2. The molecule has 0 bridgehead atoms. The molecule has 1 heterocycles. The molecule has 1 unspecified atom stereocenters. The van der Waals surface area contributed by atoms with Crippen LogP contribution in [0.25, 0.3) is 0 Å². The number of aliphatic imine (C=N–C) groups is 1. The molecule has 0 radical (unpaired) electrons. The van der Waals surface area contributed by atoms with Gasteiger partial charge in [-0.3, -0.25) is 0 Å². The lowest BCUT2D eigenvalue weighted by atomic mass is 9.95. The molecule has 1 aliphatic rings. The Balaban J connectivity index is 1.61. The predicted octanol–water partition coefficient (Wildman–Crippen LogP) is 3.09. The van der Waals surface area contributed by atoms with Crippen molar-refractivity contribution in [3.63, 3.8) is 0 Å². The lowest BCUT2D eigenvalue weighted by Gasteiger charge is -2.19. The highest BCUT2D eigenvalue weighted by Crippen LogP contribution is 2.48. The molecule has 0 amide bonds. The third-order valence-corrected chi connectivity index (χ3v) is 4.87. The van der Waals surface area contributed by atoms with Crippen molar-refractivity contribution in [1.29, 1.82) is 0 Å². The Labute approximate surface area is 164 Å². The summed E-state index contributed by atoms with van der Waals surface area (Å²) in [4.78, 5) is 8.84. The summed E-state index contributed by atoms with van der Waals surface area (Å²) in [5, 5.41) is 10.5. The monoisotopic (exact) mass is 389 g/mol. The number of hydrogen-bond acceptors (Lipinski definition) is 5. The van der Waals surface area contributed by atoms with E-state index in [9.17, 15) is 4.39 Å². The third-order valence-electron chi connectivity index (χ3n) is 4.87. The summed E-state index contributed by atoms with van der Waals surface area (Å²) < 4.78 is 24.9. The van der Waals surface area contributed by atoms with Crippen molar-refractivity contribution < 1.29 is 13.7 Å². The second-order valence-electron chi connectivity index (χ2n) is 6.95. The van der Waals surface area contributed by atoms with Gasteiger partial charge in [0, 0.05) is 25.1 Å². The Bertz CT molecular complexity index is 803. The summed E-state index contributed by atoms with van der Waals surface area (Å²) in [6, 6.07) is 6.99. The Kier molecular flexibility index (Phi) is 6.61. The first-order valence-corrected chi connectivity index (χ1v) is 9.79. The molecule has 0 spiro atoms. The largest absolute Gasteiger partial charge is 0.371 e. The van der Waals surface area contributed by atoms with Crippen molar-refractivity contribution in [3.8, 4) is 0 Å². The van der Waals surface area contributed by atoms with Crippen LogP contribution in [0.5, 0.6) is 0 Å². The van der Waals surface area contributed by atoms with Gasteiger partial charge < -0.3 is 19.9 Å². The molecule has 1 aromatic heterocycles. The number of hydrogen-bond donors (Lipinski definition) is 2. The number of halogens is 1. The average Bonchev–Trinajstić information content (AvgIpc) is 3.32. The smallest absolute Gasteiger partial charge is 0.248 e. The molecular weight excluding hydrogens is 361 g/mol. The molecule has 28 heavy (non-hydrogen) atoms. The zero-order valence-corrected chi connectivity index (χ0v) is 16.7. The highest BCUT2D eigenvalue weighted by molar-refractivity contribution is 5.79. The van der Waals surface area contributed by atoms with Crippen LogP contribution in [0.15, 0.2) is 33.8 Å². The van der Waals surface area contributed by atoms with Crippen LogP contribution < -0.4 is 10.6 Å². The minimum absolute atomic E-state index is 0.148. The molecule has 3 rings (SSSR count). The number of nitrogens with zero attached hydrogens (tertiary/aromatic N) is 3. The van der Waals surface area contributed by atoms with Gasteiger partial charge in [-0.1, -0.05) is 23.4 Å². The van der Waals surface area contributed by atoms with Gasteiger partial charge in [0.15, 0.2) is 11.8 Å². The van der Waals surface area contributed by atoms with Crippen LogP contribution in [-0.4, -0.2) is 35.8 Å². The van der Waals surface area contributed by atoms with E-state index in [0.717, 1.165) is 24.9 Å². The van der Waals surface area contributed by atoms with Gasteiger partial charge in [-0.2, -0.15) is 4.98 Å². The molecule has 1 saturated carbocycles. The van der Waals surface area contributed by atoms with Crippen molar-refractivity contribution in [2.45, 2.75) is 51.7 Å². The van der Waals surface area contributed by atoms with E-state index in [1.165, 1.54) is 6.07 Å². The first kappa shape index (κ1) is 20.3. The molecule has 152 valence electrons. The van der Waals surface area contributed by atoms with E-state index < -0.39 is 0 Å². The standard InChI is InChI=1S/C20H28FN5O2/c1-4-22-19(23-12-17-25-18(26-28-17)14(3)27-5-2)24-13-20(10-11-20)15-8-6-7-9-16(15)21/h6-9,14H,4-5,10-13H2,1-3H3,(H2,22,23,24). The van der Waals surface area contributed by atoms with E-state index in [-0.39, 0.29) is 23.9 Å². The van der Waals surface area contributed by atoms with Gasteiger partial charge in [0.2, 0.25) is 5.89 Å². The molecule has 7 nitrogen and oxygen atoms in total. The van der Waals surface area contributed by atoms with Crippen LogP contribution in [0.1, 0.15) is 57.0 Å². The van der Waals surface area contributed by atoms with Crippen molar-refractivity contribution in [3.05, 3.63) is 47.4 Å². The normalized spacial score (nSPS) is 16.6. The molecule has 1 atom stereocenters. The third kappa shape index (κ3) is 4.86. The SMILES string of the molecule is CCNC(=NCc1nc(C(C)OCC)no1)NCC1(c2ccccc2F)CC1. The van der Waals surface area contributed by atoms with Crippen LogP contribution in [0, 0.1) is 5.82 Å². The van der Waals surface area contributed by atoms with Crippen LogP contribution in [0.3, 0.4) is 0 Å². The summed E-state index contributed by atoms with van der Waals surface area (Å²) in [6.45, 7) is 7.98. The molecule has 0 saturated heterocycles. The number of benzene rings is 1. The first-order valence-electron chi connectivity index (χ1n) is 9.79. The van der Waals surface area contributed by atoms with E-state index in [2.05, 4.69) is 25.8 Å². The van der Waals surface area contributed by atoms with Crippen LogP contribution >= 0.6 is 0 Å². The maximum Gasteiger partial charge on any atom is 0.248 e. The van der Waals surface area contributed by atoms with Crippen LogP contribution in [0.4, 0.5) is 4.39 Å². The van der Waals surface area contributed by atoms with Crippen molar-refractivity contribution >= 4 is 5.96 Å². The van der Waals surface area contributed by atoms with E-state index in [1.807, 2.05) is 32.9 Å². The van der Waals surface area contributed by atoms with Gasteiger partial charge in [-0.05, 0) is 45.2 Å². The molecular formula is C20H28FN5O2. The highest BCUT2D eigenvalue weighted by atomic mass is 19.1. The predicted molar refractivity (Wildman–Crippen MR) is 104 cm³/mol. The maximum absolute atomic E-state index is 14.2. The van der Waals surface area contributed by atoms with Gasteiger partial charge in [-0.25, -0.2) is 9.38 Å². The van der Waals surface area contributed by atoms with Gasteiger partial charge in [-0.15, -0.1) is 0 Å². The van der Waals surface area contributed by atoms with Crippen molar-refractivity contribution in [1.82, 2.24) is 20.8 Å². The fourth-order valence-electron chi connectivity index (χ4n) is 3.15. The lowest BCUT2D eigenvalue weighted by molar-refractivity contribution is 0.0683. The Hall–Kier alpha value is -2.48. The molecule has 8 heteroatoms. The Morgan fingerprint density at radius 1 is 1.32 bits per heavy atom. The lowest BCUT2D eigenvalue weighted by Crippen LogP contribution is -2.41. The summed E-state index contributed by atoms with van der Waals surface area (Å²) in [5.74, 6) is 1.43. The number of ether oxygens (including phenoxy) is 1. The Morgan fingerprint density at radius 3 is 2.79 bits per heavy atom. The van der Waals surface area contributed by atoms with E-state index in [1.54, 1.807) is 6.07 Å². The van der Waals surface area contributed by atoms with Gasteiger partial charge in [0.05, 0.1) is 0 Å². The highest BCUT2D eigenvalue weighted by Gasteiger charge is 2.45. The van der Waals surface area contributed by atoms with Gasteiger partial charge in [0.1, 0.15) is 18.5 Å².